The van der Waals surface area contributed by atoms with Gasteiger partial charge in [-0.3, -0.25) is 0 Å². The van der Waals surface area contributed by atoms with Crippen molar-refractivity contribution in [1.29, 1.82) is 0 Å². The van der Waals surface area contributed by atoms with Gasteiger partial charge in [0.15, 0.2) is 0 Å². The van der Waals surface area contributed by atoms with Crippen LogP contribution in [0.2, 0.25) is 0 Å². The van der Waals surface area contributed by atoms with Gasteiger partial charge in [0.2, 0.25) is 0 Å². The molecule has 0 aromatic heterocycles. The maximum atomic E-state index is 5.61. The predicted molar refractivity (Wildman–Crippen MR) is 61.2 cm³/mol. The summed E-state index contributed by atoms with van der Waals surface area (Å²) < 4.78 is 10.8. The molecule has 0 spiro atoms. The van der Waals surface area contributed by atoms with Crippen molar-refractivity contribution < 1.29 is 9.47 Å². The van der Waals surface area contributed by atoms with E-state index in [1.807, 2.05) is 31.2 Å². The van der Waals surface area contributed by atoms with Gasteiger partial charge in [0.1, 0.15) is 12.4 Å². The third kappa shape index (κ3) is 4.32. The number of benzene rings is 1. The zero-order valence-electron chi connectivity index (χ0n) is 9.24. The van der Waals surface area contributed by atoms with Crippen LogP contribution in [-0.2, 0) is 11.2 Å². The molecule has 0 atom stereocenters. The van der Waals surface area contributed by atoms with Gasteiger partial charge < -0.3 is 15.2 Å². The molecule has 1 rings (SSSR count). The minimum Gasteiger partial charge on any atom is -0.491 e. The minimum atomic E-state index is 0.593. The van der Waals surface area contributed by atoms with Crippen LogP contribution in [0.25, 0.3) is 0 Å². The Hall–Kier alpha value is -1.06. The molecule has 0 amide bonds. The summed E-state index contributed by atoms with van der Waals surface area (Å²) in [5.41, 5.74) is 6.69. The lowest BCUT2D eigenvalue weighted by molar-refractivity contribution is 0.110. The first-order valence-electron chi connectivity index (χ1n) is 5.37. The van der Waals surface area contributed by atoms with Crippen molar-refractivity contribution in [1.82, 2.24) is 0 Å². The summed E-state index contributed by atoms with van der Waals surface area (Å²) in [4.78, 5) is 0. The highest BCUT2D eigenvalue weighted by atomic mass is 16.5. The highest BCUT2D eigenvalue weighted by Crippen LogP contribution is 2.17. The minimum absolute atomic E-state index is 0.593. The first kappa shape index (κ1) is 12.0. The molecule has 2 N–H and O–H groups in total. The summed E-state index contributed by atoms with van der Waals surface area (Å²) >= 11 is 0. The molecule has 0 aliphatic rings. The number of hydrogen-bond acceptors (Lipinski definition) is 3. The van der Waals surface area contributed by atoms with Crippen molar-refractivity contribution in [3.05, 3.63) is 29.8 Å². The lowest BCUT2D eigenvalue weighted by Crippen LogP contribution is -2.09. The lowest BCUT2D eigenvalue weighted by atomic mass is 10.1. The summed E-state index contributed by atoms with van der Waals surface area (Å²) in [5.74, 6) is 0.919. The van der Waals surface area contributed by atoms with E-state index < -0.39 is 0 Å². The normalized spacial score (nSPS) is 10.3. The number of para-hydroxylation sites is 1. The van der Waals surface area contributed by atoms with Crippen LogP contribution in [0.1, 0.15) is 12.5 Å². The van der Waals surface area contributed by atoms with E-state index in [4.69, 9.17) is 15.2 Å². The summed E-state index contributed by atoms with van der Waals surface area (Å²) in [7, 11) is 0. The zero-order chi connectivity index (χ0) is 10.9. The second kappa shape index (κ2) is 7.26. The SMILES string of the molecule is CCOCCOc1ccccc1CCN. The second-order valence-corrected chi connectivity index (χ2v) is 3.19. The molecule has 0 heterocycles. The second-order valence-electron chi connectivity index (χ2n) is 3.19. The molecule has 15 heavy (non-hydrogen) atoms. The lowest BCUT2D eigenvalue weighted by Gasteiger charge is -2.10. The van der Waals surface area contributed by atoms with Crippen LogP contribution in [0.3, 0.4) is 0 Å². The van der Waals surface area contributed by atoms with Gasteiger partial charge >= 0.3 is 0 Å². The maximum Gasteiger partial charge on any atom is 0.122 e. The third-order valence-electron chi connectivity index (χ3n) is 2.08. The molecule has 0 fully saturated rings. The van der Waals surface area contributed by atoms with Crippen LogP contribution < -0.4 is 10.5 Å². The Bertz CT molecular complexity index is 276. The topological polar surface area (TPSA) is 44.5 Å². The molecular formula is C12H19NO2. The average molecular weight is 209 g/mol. The summed E-state index contributed by atoms with van der Waals surface area (Å²) in [6.45, 7) is 4.57. The standard InChI is InChI=1S/C12H19NO2/c1-2-14-9-10-15-12-6-4-3-5-11(12)7-8-13/h3-6H,2,7-10,13H2,1H3. The van der Waals surface area contributed by atoms with Crippen LogP contribution >= 0.6 is 0 Å². The van der Waals surface area contributed by atoms with Crippen LogP contribution in [0, 0.1) is 0 Å². The first-order valence-corrected chi connectivity index (χ1v) is 5.37. The van der Waals surface area contributed by atoms with Gasteiger partial charge in [0, 0.05) is 6.61 Å². The number of ether oxygens (including phenoxy) is 2. The summed E-state index contributed by atoms with van der Waals surface area (Å²) in [6, 6.07) is 7.98. The molecule has 1 aromatic carbocycles. The molecule has 3 nitrogen and oxygen atoms in total. The smallest absolute Gasteiger partial charge is 0.122 e. The molecule has 84 valence electrons. The molecule has 0 radical (unpaired) electrons. The number of rotatable bonds is 7. The third-order valence-corrected chi connectivity index (χ3v) is 2.08. The van der Waals surface area contributed by atoms with Crippen LogP contribution in [-0.4, -0.2) is 26.4 Å². The van der Waals surface area contributed by atoms with Gasteiger partial charge in [0.25, 0.3) is 0 Å². The van der Waals surface area contributed by atoms with E-state index in [9.17, 15) is 0 Å². The van der Waals surface area contributed by atoms with E-state index in [1.165, 1.54) is 0 Å². The average Bonchev–Trinajstić information content (AvgIpc) is 2.27. The Labute approximate surface area is 91.2 Å². The molecule has 0 aliphatic heterocycles. The Morgan fingerprint density at radius 2 is 2.00 bits per heavy atom. The van der Waals surface area contributed by atoms with Crippen molar-refractivity contribution in [2.45, 2.75) is 13.3 Å². The quantitative estimate of drug-likeness (QED) is 0.694. The highest BCUT2D eigenvalue weighted by Gasteiger charge is 2.01. The van der Waals surface area contributed by atoms with E-state index >= 15 is 0 Å². The summed E-state index contributed by atoms with van der Waals surface area (Å²) in [6.07, 6.45) is 0.852. The van der Waals surface area contributed by atoms with E-state index in [-0.39, 0.29) is 0 Å². The van der Waals surface area contributed by atoms with Crippen molar-refractivity contribution in [2.75, 3.05) is 26.4 Å². The Kier molecular flexibility index (Phi) is 5.81. The Balaban J connectivity index is 2.44. The van der Waals surface area contributed by atoms with E-state index in [1.54, 1.807) is 0 Å². The van der Waals surface area contributed by atoms with Crippen LogP contribution in [0.4, 0.5) is 0 Å². The van der Waals surface area contributed by atoms with Gasteiger partial charge in [-0.25, -0.2) is 0 Å². The fourth-order valence-corrected chi connectivity index (χ4v) is 1.36. The molecule has 0 saturated heterocycles. The zero-order valence-corrected chi connectivity index (χ0v) is 9.24. The molecule has 1 aromatic rings. The fraction of sp³-hybridized carbons (Fsp3) is 0.500. The summed E-state index contributed by atoms with van der Waals surface area (Å²) in [5, 5.41) is 0. The molecule has 0 bridgehead atoms. The van der Waals surface area contributed by atoms with Gasteiger partial charge in [-0.1, -0.05) is 18.2 Å². The maximum absolute atomic E-state index is 5.61. The van der Waals surface area contributed by atoms with Crippen molar-refractivity contribution >= 4 is 0 Å². The van der Waals surface area contributed by atoms with E-state index in [2.05, 4.69) is 0 Å². The predicted octanol–water partition coefficient (Wildman–Crippen LogP) is 1.60. The molecule has 0 saturated carbocycles. The van der Waals surface area contributed by atoms with Gasteiger partial charge in [-0.05, 0) is 31.5 Å². The van der Waals surface area contributed by atoms with Gasteiger partial charge in [-0.2, -0.15) is 0 Å². The largest absolute Gasteiger partial charge is 0.491 e. The van der Waals surface area contributed by atoms with Crippen LogP contribution in [0.5, 0.6) is 5.75 Å². The van der Waals surface area contributed by atoms with Crippen LogP contribution in [0.15, 0.2) is 24.3 Å². The van der Waals surface area contributed by atoms with Crippen molar-refractivity contribution in [3.8, 4) is 5.75 Å². The van der Waals surface area contributed by atoms with Crippen molar-refractivity contribution in [3.63, 3.8) is 0 Å². The molecule has 3 heteroatoms. The highest BCUT2D eigenvalue weighted by molar-refractivity contribution is 5.33. The van der Waals surface area contributed by atoms with Gasteiger partial charge in [0.05, 0.1) is 6.61 Å². The number of nitrogens with two attached hydrogens (primary N) is 1. The first-order chi connectivity index (χ1) is 7.38. The molecular weight excluding hydrogens is 190 g/mol. The molecule has 0 aliphatic carbocycles. The van der Waals surface area contributed by atoms with E-state index in [0.717, 1.165) is 24.3 Å². The molecule has 0 unspecified atom stereocenters. The van der Waals surface area contributed by atoms with E-state index in [0.29, 0.717) is 19.8 Å². The van der Waals surface area contributed by atoms with Gasteiger partial charge in [-0.15, -0.1) is 0 Å². The number of hydrogen-bond donors (Lipinski definition) is 1. The Morgan fingerprint density at radius 1 is 1.20 bits per heavy atom. The fourth-order valence-electron chi connectivity index (χ4n) is 1.36. The Morgan fingerprint density at radius 3 is 2.73 bits per heavy atom. The monoisotopic (exact) mass is 209 g/mol. The van der Waals surface area contributed by atoms with Crippen molar-refractivity contribution in [2.24, 2.45) is 5.73 Å².